The minimum Gasteiger partial charge on any atom is -0.462 e. The van der Waals surface area contributed by atoms with Crippen LogP contribution in [-0.4, -0.2) is 65.7 Å². The number of hydrogen-bond donors (Lipinski definition) is 1. The summed E-state index contributed by atoms with van der Waals surface area (Å²) in [5, 5.41) is 0.536. The smallest absolute Gasteiger partial charge is 0.321 e. The Morgan fingerprint density at radius 1 is 0.805 bits per heavy atom. The number of aromatic amines is 1. The quantitative estimate of drug-likeness (QED) is 0.0828. The van der Waals surface area contributed by atoms with Gasteiger partial charge < -0.3 is 14.5 Å². The maximum Gasteiger partial charge on any atom is 0.321 e. The number of pyridine rings is 2. The maximum atomic E-state index is 11.5. The number of ether oxygens (including phenoxy) is 2. The first-order chi connectivity index (χ1) is 19.7. The van der Waals surface area contributed by atoms with Gasteiger partial charge in [0.15, 0.2) is 9.93 Å². The Kier molecular flexibility index (Phi) is 15.2. The molecule has 0 unspecified atom stereocenters. The van der Waals surface area contributed by atoms with E-state index < -0.39 is 0 Å². The largest absolute Gasteiger partial charge is 0.462 e. The Hall–Kier alpha value is -3.74. The van der Waals surface area contributed by atoms with Gasteiger partial charge in [0.1, 0.15) is 5.88 Å². The van der Waals surface area contributed by atoms with Crippen molar-refractivity contribution in [3.8, 4) is 22.8 Å². The fourth-order valence-corrected chi connectivity index (χ4v) is 3.67. The molecule has 13 heteroatoms. The van der Waals surface area contributed by atoms with Gasteiger partial charge in [0.25, 0.3) is 0 Å². The third-order valence-corrected chi connectivity index (χ3v) is 5.60. The molecule has 41 heavy (non-hydrogen) atoms. The summed E-state index contributed by atoms with van der Waals surface area (Å²) in [6, 6.07) is 15.0. The number of halogens is 1. The molecule has 10 nitrogen and oxygen atoms in total. The predicted octanol–water partition coefficient (Wildman–Crippen LogP) is 5.96. The van der Waals surface area contributed by atoms with E-state index in [0.717, 1.165) is 22.8 Å². The third kappa shape index (κ3) is 13.9. The first kappa shape index (κ1) is 33.5. The summed E-state index contributed by atoms with van der Waals surface area (Å²) < 4.78 is 10.2. The molecule has 0 saturated carbocycles. The van der Waals surface area contributed by atoms with Crippen LogP contribution in [-0.2, 0) is 19.1 Å². The van der Waals surface area contributed by atoms with Gasteiger partial charge in [0.2, 0.25) is 0 Å². The van der Waals surface area contributed by atoms with Crippen molar-refractivity contribution in [1.29, 1.82) is 0 Å². The molecule has 0 amide bonds. The van der Waals surface area contributed by atoms with Crippen LogP contribution in [0.1, 0.15) is 27.7 Å². The monoisotopic (exact) mass is 614 g/mol. The van der Waals surface area contributed by atoms with Crippen LogP contribution >= 0.6 is 35.6 Å². The first-order valence-corrected chi connectivity index (χ1v) is 14.4. The number of rotatable bonds is 8. The molecule has 0 aliphatic carbocycles. The molecule has 4 aromatic heterocycles. The lowest BCUT2D eigenvalue weighted by Gasteiger charge is -2.07. The molecule has 0 spiro atoms. The zero-order valence-corrected chi connectivity index (χ0v) is 25.4. The molecule has 0 aliphatic rings. The summed E-state index contributed by atoms with van der Waals surface area (Å²) in [7, 11) is 0. The average molecular weight is 615 g/mol. The lowest BCUT2D eigenvalue weighted by Crippen LogP contribution is -2.13. The number of esters is 2. The second kappa shape index (κ2) is 18.6. The minimum atomic E-state index is -0.360. The van der Waals surface area contributed by atoms with E-state index in [9.17, 15) is 9.59 Å². The molecule has 0 atom stereocenters. The number of aromatic nitrogens is 6. The number of nitrogens with zero attached hydrogens (tertiary/aromatic N) is 5. The van der Waals surface area contributed by atoms with E-state index >= 15 is 0 Å². The van der Waals surface area contributed by atoms with Gasteiger partial charge in [-0.1, -0.05) is 23.9 Å². The molecule has 216 valence electrons. The van der Waals surface area contributed by atoms with E-state index in [4.69, 9.17) is 28.6 Å². The minimum absolute atomic E-state index is 0.0544. The highest BCUT2D eigenvalue weighted by Crippen LogP contribution is 2.18. The fraction of sp³-hybridized carbons (Fsp3) is 0.286. The molecule has 0 bridgehead atoms. The molecule has 0 aliphatic heterocycles. The van der Waals surface area contributed by atoms with Crippen LogP contribution < -0.4 is 0 Å². The van der Waals surface area contributed by atoms with Crippen LogP contribution in [0.4, 0.5) is 0 Å². The summed E-state index contributed by atoms with van der Waals surface area (Å²) in [6.45, 7) is 7.20. The van der Waals surface area contributed by atoms with Gasteiger partial charge in [-0.3, -0.25) is 19.6 Å². The van der Waals surface area contributed by atoms with Gasteiger partial charge >= 0.3 is 11.9 Å². The molecule has 4 heterocycles. The first-order valence-electron chi connectivity index (χ1n) is 12.5. The summed E-state index contributed by atoms with van der Waals surface area (Å²) in [4.78, 5) is 45.5. The van der Waals surface area contributed by atoms with Crippen molar-refractivity contribution in [2.24, 2.45) is 0 Å². The highest BCUT2D eigenvalue weighted by Gasteiger charge is 2.09. The number of H-pyrrole nitrogens is 1. The fourth-order valence-electron chi connectivity index (χ4n) is 2.82. The van der Waals surface area contributed by atoms with Gasteiger partial charge in [-0.25, -0.2) is 15.0 Å². The van der Waals surface area contributed by atoms with Gasteiger partial charge in [0, 0.05) is 24.8 Å². The van der Waals surface area contributed by atoms with Crippen molar-refractivity contribution < 1.29 is 19.1 Å². The normalized spacial score (nSPS) is 10.1. The molecule has 4 rings (SSSR count). The maximum absolute atomic E-state index is 11.5. The van der Waals surface area contributed by atoms with Gasteiger partial charge in [-0.15, -0.1) is 11.6 Å². The van der Waals surface area contributed by atoms with Crippen molar-refractivity contribution in [2.45, 2.75) is 45.1 Å². The molecule has 0 radical (unpaired) electrons. The number of carbonyl (C=O) groups is 2. The summed E-state index contributed by atoms with van der Waals surface area (Å²) in [6.07, 6.45) is 6.62. The van der Waals surface area contributed by atoms with Crippen molar-refractivity contribution in [3.63, 3.8) is 0 Å². The van der Waals surface area contributed by atoms with E-state index in [1.165, 1.54) is 11.8 Å². The van der Waals surface area contributed by atoms with Crippen LogP contribution in [0.5, 0.6) is 0 Å². The van der Waals surface area contributed by atoms with E-state index in [-0.39, 0.29) is 35.8 Å². The van der Waals surface area contributed by atoms with Crippen LogP contribution in [0.25, 0.3) is 22.8 Å². The zero-order chi connectivity index (χ0) is 30.0. The van der Waals surface area contributed by atoms with Crippen molar-refractivity contribution >= 4 is 47.5 Å². The Morgan fingerprint density at radius 3 is 1.95 bits per heavy atom. The van der Waals surface area contributed by atoms with Crippen molar-refractivity contribution in [2.75, 3.05) is 11.6 Å². The number of thioether (sulfide) groups is 1. The number of carbonyl (C=O) groups excluding carboxylic acids is 2. The average Bonchev–Trinajstić information content (AvgIpc) is 2.97. The topological polar surface area (TPSA) is 133 Å². The Bertz CT molecular complexity index is 1410. The van der Waals surface area contributed by atoms with Gasteiger partial charge in [0.05, 0.1) is 40.7 Å². The van der Waals surface area contributed by atoms with E-state index in [2.05, 4.69) is 34.6 Å². The van der Waals surface area contributed by atoms with Crippen LogP contribution in [0.15, 0.2) is 78.5 Å². The van der Waals surface area contributed by atoms with Gasteiger partial charge in [-0.2, -0.15) is 0 Å². The molecule has 1 N–H and O–H groups in total. The van der Waals surface area contributed by atoms with Crippen LogP contribution in [0.3, 0.4) is 0 Å². The number of nitrogens with one attached hydrogen (secondary N) is 1. The van der Waals surface area contributed by atoms with E-state index in [1.54, 1.807) is 44.7 Å². The number of hydrogen-bond acceptors (Lipinski definition) is 11. The molecule has 0 aromatic carbocycles. The highest BCUT2D eigenvalue weighted by atomic mass is 35.5. The molecular formula is C28H31ClN6O4S2. The Balaban J connectivity index is 0.000000240. The zero-order valence-electron chi connectivity index (χ0n) is 23.1. The molecule has 0 fully saturated rings. The van der Waals surface area contributed by atoms with Crippen LogP contribution in [0, 0.1) is 4.77 Å². The Morgan fingerprint density at radius 2 is 1.41 bits per heavy atom. The SMILES string of the molecule is CC(C)OC(=O)CCl.CC(C)OC(=O)CSc1nccc(-c2ccccn2)n1.S=c1nccc(-c2ccccn2)[nH]1. The second-order valence-electron chi connectivity index (χ2n) is 8.44. The molecule has 0 saturated heterocycles. The highest BCUT2D eigenvalue weighted by molar-refractivity contribution is 7.99. The lowest BCUT2D eigenvalue weighted by molar-refractivity contribution is -0.145. The lowest BCUT2D eigenvalue weighted by atomic mass is 10.3. The molecular weight excluding hydrogens is 584 g/mol. The summed E-state index contributed by atoms with van der Waals surface area (Å²) >= 11 is 11.3. The predicted molar refractivity (Wildman–Crippen MR) is 162 cm³/mol. The van der Waals surface area contributed by atoms with Crippen LogP contribution in [0.2, 0.25) is 0 Å². The number of alkyl halides is 1. The second-order valence-corrected chi connectivity index (χ2v) is 10.0. The van der Waals surface area contributed by atoms with Crippen molar-refractivity contribution in [3.05, 3.63) is 78.1 Å². The van der Waals surface area contributed by atoms with E-state index in [1.807, 2.05) is 56.3 Å². The standard InChI is InChI=1S/C14H15N3O2S.C9H7N3S.C5H9ClO2/c1-10(2)19-13(18)9-20-14-16-8-6-12(17-14)11-5-3-4-7-15-11;13-9-11-6-4-8(12-9)7-3-1-2-5-10-7;1-4(2)8-5(7)3-6/h3-8,10H,9H2,1-2H3;1-6H,(H,11,12,13);4H,3H2,1-2H3. The summed E-state index contributed by atoms with van der Waals surface area (Å²) in [5.41, 5.74) is 3.28. The third-order valence-electron chi connectivity index (χ3n) is 4.34. The van der Waals surface area contributed by atoms with Crippen molar-refractivity contribution in [1.82, 2.24) is 29.9 Å². The Labute approximate surface area is 253 Å². The summed E-state index contributed by atoms with van der Waals surface area (Å²) in [5.74, 6) is -0.485. The van der Waals surface area contributed by atoms with Gasteiger partial charge in [-0.05, 0) is 76.3 Å². The van der Waals surface area contributed by atoms with E-state index in [0.29, 0.717) is 9.93 Å². The molecule has 4 aromatic rings.